The molecule has 0 fully saturated rings. The summed E-state index contributed by atoms with van der Waals surface area (Å²) >= 11 is 0. The van der Waals surface area contributed by atoms with Crippen LogP contribution in [0.1, 0.15) is 2.85 Å². The molecule has 0 aromatic heterocycles. The molecular formula is H11AlMgO3. The monoisotopic (exact) mass is 110 g/mol. The Kier molecular flexibility index (Phi) is 1550. The van der Waals surface area contributed by atoms with Gasteiger partial charge in [-0.15, -0.1) is 0 Å². The molecule has 0 saturated carbocycles. The first-order valence-electron chi connectivity index (χ1n) is 0. The van der Waals surface area contributed by atoms with Gasteiger partial charge in [0.15, 0.2) is 17.4 Å². The van der Waals surface area contributed by atoms with Crippen LogP contribution in [0.25, 0.3) is 0 Å². The van der Waals surface area contributed by atoms with E-state index in [0.717, 1.165) is 0 Å². The number of rotatable bonds is 0. The molecule has 6 N–H and O–H groups in total. The molecule has 0 amide bonds. The molecule has 5 heteroatoms. The molecule has 34 valence electrons. The van der Waals surface area contributed by atoms with Crippen LogP contribution in [0.15, 0.2) is 0 Å². The van der Waals surface area contributed by atoms with E-state index in [1.165, 1.54) is 0 Å². The molecule has 0 saturated heterocycles. The Bertz CT molecular complexity index is 12.9. The summed E-state index contributed by atoms with van der Waals surface area (Å²) in [6, 6.07) is 0. The third kappa shape index (κ3) is 37.7. The Hall–Kier alpha value is 1.18. The summed E-state index contributed by atoms with van der Waals surface area (Å²) < 4.78 is 0. The average Bonchev–Trinajstić information content (AvgIpc) is 0. The molecule has 0 aliphatic rings. The zero-order valence-electron chi connectivity index (χ0n) is 4.21. The molecule has 0 heterocycles. The van der Waals surface area contributed by atoms with Crippen LogP contribution in [0.3, 0.4) is 0 Å². The second-order valence-corrected chi connectivity index (χ2v) is 0. The van der Waals surface area contributed by atoms with E-state index in [0.29, 0.717) is 0 Å². The van der Waals surface area contributed by atoms with E-state index in [1.54, 1.807) is 0 Å². The molecule has 0 aliphatic carbocycles. The molecule has 5 heavy (non-hydrogen) atoms. The maximum Gasteiger partial charge on any atom is 2.00 e. The van der Waals surface area contributed by atoms with Crippen LogP contribution in [-0.4, -0.2) is 56.8 Å². The summed E-state index contributed by atoms with van der Waals surface area (Å²) in [7, 11) is 0. The first-order valence-corrected chi connectivity index (χ1v) is 0. The number of hydrogen-bond donors (Lipinski definition) is 0. The van der Waals surface area contributed by atoms with Crippen molar-refractivity contribution >= 4 is 40.4 Å². The first kappa shape index (κ1) is 119. The van der Waals surface area contributed by atoms with E-state index >= 15 is 0 Å². The second kappa shape index (κ2) is 65.1. The van der Waals surface area contributed by atoms with Crippen molar-refractivity contribution in [2.24, 2.45) is 0 Å². The molecule has 0 spiro atoms. The van der Waals surface area contributed by atoms with E-state index in [4.69, 9.17) is 0 Å². The third-order valence-electron chi connectivity index (χ3n) is 0. The van der Waals surface area contributed by atoms with E-state index < -0.39 is 0 Å². The van der Waals surface area contributed by atoms with Crippen LogP contribution in [-0.2, 0) is 0 Å². The first-order chi connectivity index (χ1) is 0. The van der Waals surface area contributed by atoms with Crippen molar-refractivity contribution in [2.45, 2.75) is 0 Å². The largest absolute Gasteiger partial charge is 2.00 e. The fourth-order valence-corrected chi connectivity index (χ4v) is 0. The van der Waals surface area contributed by atoms with Gasteiger partial charge in [-0.3, -0.25) is 0 Å². The zero-order valence-corrected chi connectivity index (χ0v) is 3.62. The van der Waals surface area contributed by atoms with E-state index in [1.807, 2.05) is 0 Å². The van der Waals surface area contributed by atoms with Crippen molar-refractivity contribution in [1.82, 2.24) is 0 Å². The van der Waals surface area contributed by atoms with Crippen LogP contribution in [0.2, 0.25) is 0 Å². The summed E-state index contributed by atoms with van der Waals surface area (Å²) in [5.74, 6) is 0. The predicted octanol–water partition coefficient (Wildman–Crippen LogP) is -3.81. The normalized spacial score (nSPS) is 0. The molecule has 0 radical (unpaired) electrons. The van der Waals surface area contributed by atoms with Gasteiger partial charge >= 0.3 is 23.1 Å². The van der Waals surface area contributed by atoms with Gasteiger partial charge in [-0.05, 0) is 0 Å². The third-order valence-corrected chi connectivity index (χ3v) is 0. The maximum absolute atomic E-state index is 0. The minimum Gasteiger partial charge on any atom is -1.00 e. The smallest absolute Gasteiger partial charge is 1.00 e. The standard InChI is InChI=1S/Al.Mg.3H2O.5H/h;;3*1H2;;;;;/q;+2;;;;;;;2*-1. The van der Waals surface area contributed by atoms with Crippen LogP contribution >= 0.6 is 0 Å². The Morgan fingerprint density at radius 2 is 0.800 bits per heavy atom. The van der Waals surface area contributed by atoms with Gasteiger partial charge in [0.1, 0.15) is 0 Å². The van der Waals surface area contributed by atoms with Gasteiger partial charge in [-0.2, -0.15) is 0 Å². The van der Waals surface area contributed by atoms with Crippen molar-refractivity contribution in [2.75, 3.05) is 0 Å². The minimum absolute atomic E-state index is 0. The van der Waals surface area contributed by atoms with Crippen LogP contribution in [0.5, 0.6) is 0 Å². The predicted molar refractivity (Wildman–Crippen MR) is 28.8 cm³/mol. The van der Waals surface area contributed by atoms with Crippen LogP contribution in [0, 0.1) is 0 Å². The van der Waals surface area contributed by atoms with Gasteiger partial charge < -0.3 is 19.3 Å². The van der Waals surface area contributed by atoms with Crippen LogP contribution < -0.4 is 0 Å². The summed E-state index contributed by atoms with van der Waals surface area (Å²) in [5.41, 5.74) is 0. The molecule has 0 atom stereocenters. The summed E-state index contributed by atoms with van der Waals surface area (Å²) in [6.45, 7) is 0. The Balaban J connectivity index is 0. The van der Waals surface area contributed by atoms with E-state index in [9.17, 15) is 0 Å². The molecule has 3 nitrogen and oxygen atoms in total. The number of hydrogen-bond acceptors (Lipinski definition) is 0. The van der Waals surface area contributed by atoms with Gasteiger partial charge in [0.2, 0.25) is 0 Å². The SMILES string of the molecule is O.O.O.[AlH3].[H-].[H-].[Mg+2]. The van der Waals surface area contributed by atoms with Crippen molar-refractivity contribution in [1.29, 1.82) is 0 Å². The van der Waals surface area contributed by atoms with Crippen LogP contribution in [0.4, 0.5) is 0 Å². The molecule has 0 aromatic rings. The van der Waals surface area contributed by atoms with Crippen molar-refractivity contribution in [3.05, 3.63) is 0 Å². The Morgan fingerprint density at radius 3 is 0.800 bits per heavy atom. The van der Waals surface area contributed by atoms with Gasteiger partial charge in [-0.1, -0.05) is 0 Å². The zero-order chi connectivity index (χ0) is 0. The Morgan fingerprint density at radius 1 is 0.800 bits per heavy atom. The molecule has 0 aliphatic heterocycles. The Labute approximate surface area is 59.9 Å². The van der Waals surface area contributed by atoms with Crippen molar-refractivity contribution < 1.29 is 19.3 Å². The molecular weight excluding hydrogens is 99.3 g/mol. The fourth-order valence-electron chi connectivity index (χ4n) is 0. The van der Waals surface area contributed by atoms with Gasteiger partial charge in [0.25, 0.3) is 0 Å². The minimum atomic E-state index is 0. The van der Waals surface area contributed by atoms with E-state index in [-0.39, 0.29) is 59.7 Å². The van der Waals surface area contributed by atoms with Gasteiger partial charge in [-0.25, -0.2) is 0 Å². The molecule has 0 rings (SSSR count). The summed E-state index contributed by atoms with van der Waals surface area (Å²) in [4.78, 5) is 0. The second-order valence-electron chi connectivity index (χ2n) is 0. The van der Waals surface area contributed by atoms with Gasteiger partial charge in [0, 0.05) is 0 Å². The van der Waals surface area contributed by atoms with Crippen molar-refractivity contribution in [3.8, 4) is 0 Å². The topological polar surface area (TPSA) is 94.5 Å². The van der Waals surface area contributed by atoms with E-state index in [2.05, 4.69) is 0 Å². The van der Waals surface area contributed by atoms with Gasteiger partial charge in [0.05, 0.1) is 0 Å². The van der Waals surface area contributed by atoms with Crippen molar-refractivity contribution in [3.63, 3.8) is 0 Å². The quantitative estimate of drug-likeness (QED) is 0.286. The molecule has 0 bridgehead atoms. The maximum atomic E-state index is 0. The summed E-state index contributed by atoms with van der Waals surface area (Å²) in [5, 5.41) is 0. The fraction of sp³-hybridized carbons (Fsp3) is 0. The molecule has 0 unspecified atom stereocenters. The average molecular weight is 110 g/mol. The summed E-state index contributed by atoms with van der Waals surface area (Å²) in [6.07, 6.45) is 0. The molecule has 0 aromatic carbocycles.